The molecule has 0 saturated carbocycles. The molecule has 1 saturated heterocycles. The molecule has 1 rings (SSSR count). The molecule has 1 aliphatic rings. The van der Waals surface area contributed by atoms with Crippen LogP contribution in [0.4, 0.5) is 0 Å². The lowest BCUT2D eigenvalue weighted by Gasteiger charge is -2.46. The maximum absolute atomic E-state index is 6.60. The highest BCUT2D eigenvalue weighted by Gasteiger charge is 2.64. The average Bonchev–Trinajstić information content (AvgIpc) is 3.19. The van der Waals surface area contributed by atoms with Gasteiger partial charge in [0.2, 0.25) is 0 Å². The van der Waals surface area contributed by atoms with E-state index in [0.717, 1.165) is 0 Å². The van der Waals surface area contributed by atoms with Crippen molar-refractivity contribution in [1.82, 2.24) is 0 Å². The molecule has 0 aliphatic carbocycles. The van der Waals surface area contributed by atoms with Gasteiger partial charge in [-0.2, -0.15) is 0 Å². The molecule has 0 bridgehead atoms. The summed E-state index contributed by atoms with van der Waals surface area (Å²) < 4.78 is 0. The largest absolute Gasteiger partial charge is 0.101 e. The van der Waals surface area contributed by atoms with E-state index >= 15 is 0 Å². The Bertz CT molecular complexity index is 695. The Hall–Kier alpha value is 2.53. The standard InChI is InChI=1S/2C2H6.CH3B39/c2*1-2;1-22-33(35(25(8)9)26(10)11)39(36(27(12)13)30(18)20-2)40(37(28(14)15)31(19)23(4)5)34(22)38(29(16)17)32(21-3)24(6)7/h2*1-2H3;1H3. The van der Waals surface area contributed by atoms with Crippen molar-refractivity contribution < 1.29 is 0 Å². The average molecular weight is 497 g/mol. The Morgan fingerprint density at radius 1 is 0.386 bits per heavy atom. The smallest absolute Gasteiger partial charge is 0.0413 e. The third kappa shape index (κ3) is 12.4. The summed E-state index contributed by atoms with van der Waals surface area (Å²) in [6, 6.07) is 0. The molecule has 1 fully saturated rings. The molecule has 0 atom stereocenters. The molecule has 39 heteroatoms. The van der Waals surface area contributed by atoms with Crippen LogP contribution < -0.4 is 0 Å². The van der Waals surface area contributed by atoms with Crippen molar-refractivity contribution in [2.24, 2.45) is 0 Å². The summed E-state index contributed by atoms with van der Waals surface area (Å²) in [6.07, 6.45) is -14.2. The first-order chi connectivity index (χ1) is 20.4. The van der Waals surface area contributed by atoms with Crippen molar-refractivity contribution in [3.8, 4) is 0 Å². The minimum Gasteiger partial charge on any atom is -0.101 e. The van der Waals surface area contributed by atoms with Gasteiger partial charge < -0.3 is 0 Å². The van der Waals surface area contributed by atoms with Gasteiger partial charge in [-0.3, -0.25) is 0 Å². The molecule has 1 aliphatic heterocycles. The van der Waals surface area contributed by atoms with Crippen LogP contribution in [-0.4, -0.2) is 275 Å². The lowest BCUT2D eigenvalue weighted by atomic mass is 8.35. The fourth-order valence-electron chi connectivity index (χ4n) is 7.69. The van der Waals surface area contributed by atoms with Crippen LogP contribution in [0.15, 0.2) is 0 Å². The van der Waals surface area contributed by atoms with Gasteiger partial charge in [-0.25, -0.2) is 0 Å². The molecule has 0 amide bonds. The monoisotopic (exact) mass is 504 g/mol. The van der Waals surface area contributed by atoms with E-state index in [4.69, 9.17) is 139 Å². The molecular weight excluding hydrogens is 482 g/mol. The lowest BCUT2D eigenvalue weighted by Crippen LogP contribution is -2.84. The zero-order valence-corrected chi connectivity index (χ0v) is 27.5. The molecule has 0 N–H and O–H groups in total. The van der Waals surface area contributed by atoms with Crippen LogP contribution in [0, 0.1) is 0 Å². The maximum Gasteiger partial charge on any atom is 0.0413 e. The van der Waals surface area contributed by atoms with Gasteiger partial charge in [0.25, 0.3) is 0 Å². The lowest BCUT2D eigenvalue weighted by molar-refractivity contribution is 1.50. The molecule has 44 heavy (non-hydrogen) atoms. The summed E-state index contributed by atoms with van der Waals surface area (Å²) in [5.74, 6) is 0. The molecular formula is C5H15B39. The van der Waals surface area contributed by atoms with Gasteiger partial charge in [-0.15, -0.1) is 6.82 Å². The molecule has 0 nitrogen and oxygen atoms in total. The van der Waals surface area contributed by atoms with Gasteiger partial charge in [-0.05, 0) is 0 Å². The minimum absolute atomic E-state index is 0.348. The highest BCUT2D eigenvalue weighted by atomic mass is 13.5. The van der Waals surface area contributed by atoms with E-state index in [-0.39, 0.29) is 6.49 Å². The topological polar surface area (TPSA) is 0 Å². The van der Waals surface area contributed by atoms with Crippen molar-refractivity contribution in [2.45, 2.75) is 34.5 Å². The van der Waals surface area contributed by atoms with Crippen LogP contribution in [0.3, 0.4) is 0 Å². The first-order valence-electron chi connectivity index (χ1n) is 15.6. The molecule has 0 spiro atoms. The zero-order chi connectivity index (χ0) is 35.4. The van der Waals surface area contributed by atoms with E-state index in [1.807, 2.05) is 34.5 Å². The fraction of sp³-hybridized carbons (Fsp3) is 1.00. The van der Waals surface area contributed by atoms with E-state index in [1.54, 1.807) is 0 Å². The van der Waals surface area contributed by atoms with Crippen LogP contribution in [0.1, 0.15) is 27.7 Å². The van der Waals surface area contributed by atoms with Gasteiger partial charge in [-0.1, -0.05) is 27.7 Å². The predicted octanol–water partition coefficient (Wildman–Crippen LogP) is -12.2. The van der Waals surface area contributed by atoms with Gasteiger partial charge in [0.1, 0.15) is 0 Å². The maximum atomic E-state index is 6.60. The van der Waals surface area contributed by atoms with Crippen molar-refractivity contribution in [2.75, 3.05) is 0 Å². The summed E-state index contributed by atoms with van der Waals surface area (Å²) in [6.45, 7) is 9.60. The van der Waals surface area contributed by atoms with Gasteiger partial charge in [0.15, 0.2) is 0 Å². The first kappa shape index (κ1) is 48.6. The second-order valence-electron chi connectivity index (χ2n) is 11.6. The molecule has 1 heterocycles. The summed E-state index contributed by atoms with van der Waals surface area (Å²) in [4.78, 5) is 0. The van der Waals surface area contributed by atoms with Crippen LogP contribution >= 0.6 is 0 Å². The van der Waals surface area contributed by atoms with Crippen molar-refractivity contribution >= 4 is 275 Å². The minimum atomic E-state index is -1.03. The van der Waals surface area contributed by atoms with Crippen molar-refractivity contribution in [3.63, 3.8) is 0 Å². The fourth-order valence-corrected chi connectivity index (χ4v) is 7.69. The Morgan fingerprint density at radius 2 is 0.727 bits per heavy atom. The quantitative estimate of drug-likeness (QED) is 0.186. The molecule has 0 aromatic heterocycles. The SMILES string of the molecule is CC.CC.[B][B]B([B])B(B([B])[B])B1B(B(B([B])[B])B([B])[B])B(C)B(B(B([B])[B])B([B][B])B([B])[B])B1B(B([B])[B])B([B])B([B])[B]. The van der Waals surface area contributed by atoms with Crippen molar-refractivity contribution in [1.29, 1.82) is 0 Å². The van der Waals surface area contributed by atoms with Crippen LogP contribution in [0.2, 0.25) is 6.82 Å². The molecule has 0 unspecified atom stereocenters. The van der Waals surface area contributed by atoms with Gasteiger partial charge >= 0.3 is 0 Å². The van der Waals surface area contributed by atoms with Crippen LogP contribution in [0.5, 0.6) is 0 Å². The number of rotatable bonds is 16. The predicted molar refractivity (Wildman–Crippen MR) is 253 cm³/mol. The third-order valence-electron chi connectivity index (χ3n) is 9.21. The normalized spacial score (nSPS) is 11.3. The van der Waals surface area contributed by atoms with Crippen LogP contribution in [-0.2, 0) is 0 Å². The van der Waals surface area contributed by atoms with Gasteiger partial charge in [0.05, 0.1) is 0 Å². The molecule has 0 aromatic rings. The highest BCUT2D eigenvalue weighted by molar-refractivity contribution is 8.37. The molecule has 38 radical (unpaired) electrons. The Kier molecular flexibility index (Phi) is 26.4. The van der Waals surface area contributed by atoms with E-state index in [9.17, 15) is 0 Å². The number of hydrogen-bond donors (Lipinski definition) is 0. The number of hydrogen-bond acceptors (Lipinski definition) is 0. The van der Waals surface area contributed by atoms with Crippen LogP contribution in [0.25, 0.3) is 0 Å². The third-order valence-corrected chi connectivity index (χ3v) is 9.21. The molecule has 0 aromatic carbocycles. The van der Waals surface area contributed by atoms with E-state index in [0.29, 0.717) is 0 Å². The van der Waals surface area contributed by atoms with Gasteiger partial charge in [0, 0.05) is 275 Å². The first-order valence-corrected chi connectivity index (χ1v) is 15.6. The summed E-state index contributed by atoms with van der Waals surface area (Å²) >= 11 is 0. The van der Waals surface area contributed by atoms with E-state index < -0.39 is 115 Å². The van der Waals surface area contributed by atoms with Crippen molar-refractivity contribution in [3.05, 3.63) is 0 Å². The second-order valence-corrected chi connectivity index (χ2v) is 11.6. The Balaban J connectivity index is 0. The summed E-state index contributed by atoms with van der Waals surface area (Å²) in [5.41, 5.74) is 0. The Labute approximate surface area is 307 Å². The second kappa shape index (κ2) is 23.8. The summed E-state index contributed by atoms with van der Waals surface area (Å²) in [5, 5.41) is 0. The summed E-state index contributed by atoms with van der Waals surface area (Å²) in [7, 11) is 116. The highest BCUT2D eigenvalue weighted by Crippen LogP contribution is 2.27. The molecule has 152 valence electrons. The van der Waals surface area contributed by atoms with E-state index in [1.165, 1.54) is 14.1 Å². The Morgan fingerprint density at radius 3 is 1.00 bits per heavy atom. The zero-order valence-electron chi connectivity index (χ0n) is 27.5. The van der Waals surface area contributed by atoms with E-state index in [2.05, 4.69) is 0 Å².